The van der Waals surface area contributed by atoms with Gasteiger partial charge in [0.25, 0.3) is 0 Å². The second-order valence-corrected chi connectivity index (χ2v) is 5.07. The van der Waals surface area contributed by atoms with Crippen LogP contribution in [0.5, 0.6) is 11.5 Å². The largest absolute Gasteiger partial charge is 0.493 e. The van der Waals surface area contributed by atoms with Gasteiger partial charge in [-0.05, 0) is 36.2 Å². The molecule has 0 radical (unpaired) electrons. The number of halogens is 2. The Labute approximate surface area is 164 Å². The van der Waals surface area contributed by atoms with Crippen molar-refractivity contribution in [1.82, 2.24) is 5.32 Å². The Hall–Kier alpha value is -2.03. The Balaban J connectivity index is 0.00000312. The molecule has 5 nitrogen and oxygen atoms in total. The summed E-state index contributed by atoms with van der Waals surface area (Å²) in [5.74, 6) is 1.73. The minimum Gasteiger partial charge on any atom is -0.493 e. The van der Waals surface area contributed by atoms with Crippen LogP contribution >= 0.6 is 24.0 Å². The highest BCUT2D eigenvalue weighted by atomic mass is 127. The number of nitrogens with one attached hydrogen (secondary N) is 2. The van der Waals surface area contributed by atoms with Crippen molar-refractivity contribution in [3.63, 3.8) is 0 Å². The number of hydrogen-bond acceptors (Lipinski definition) is 3. The van der Waals surface area contributed by atoms with Crippen molar-refractivity contribution in [2.24, 2.45) is 4.99 Å². The summed E-state index contributed by atoms with van der Waals surface area (Å²) in [7, 11) is 4.90. The molecule has 0 bridgehead atoms. The van der Waals surface area contributed by atoms with Crippen molar-refractivity contribution in [3.8, 4) is 11.5 Å². The van der Waals surface area contributed by atoms with Crippen molar-refractivity contribution in [1.29, 1.82) is 0 Å². The Kier molecular flexibility index (Phi) is 9.04. The fourth-order valence-electron chi connectivity index (χ4n) is 2.21. The van der Waals surface area contributed by atoms with Crippen molar-refractivity contribution < 1.29 is 13.9 Å². The number of nitrogens with zero attached hydrogens (tertiary/aromatic N) is 1. The van der Waals surface area contributed by atoms with E-state index in [9.17, 15) is 4.39 Å². The lowest BCUT2D eigenvalue weighted by Gasteiger charge is -2.14. The van der Waals surface area contributed by atoms with Gasteiger partial charge in [-0.15, -0.1) is 24.0 Å². The normalized spacial score (nSPS) is 10.6. The number of aliphatic imine (C=N–C) groups is 1. The summed E-state index contributed by atoms with van der Waals surface area (Å²) in [6.07, 6.45) is 0.771. The van der Waals surface area contributed by atoms with Crippen molar-refractivity contribution in [2.75, 3.05) is 33.1 Å². The summed E-state index contributed by atoms with van der Waals surface area (Å²) >= 11 is 0. The summed E-state index contributed by atoms with van der Waals surface area (Å²) in [5.41, 5.74) is 1.90. The fraction of sp³-hybridized carbons (Fsp3) is 0.278. The van der Waals surface area contributed by atoms with Gasteiger partial charge in [-0.3, -0.25) is 4.99 Å². The number of guanidine groups is 1. The molecule has 2 aromatic rings. The van der Waals surface area contributed by atoms with E-state index in [4.69, 9.17) is 9.47 Å². The molecule has 2 aromatic carbocycles. The summed E-state index contributed by atoms with van der Waals surface area (Å²) in [6, 6.07) is 12.0. The van der Waals surface area contributed by atoms with Gasteiger partial charge < -0.3 is 20.1 Å². The van der Waals surface area contributed by atoms with E-state index in [-0.39, 0.29) is 29.8 Å². The van der Waals surface area contributed by atoms with Crippen LogP contribution in [0.1, 0.15) is 5.56 Å². The van der Waals surface area contributed by atoms with Crippen LogP contribution in [-0.2, 0) is 6.42 Å². The Morgan fingerprint density at radius 1 is 1.04 bits per heavy atom. The zero-order valence-corrected chi connectivity index (χ0v) is 16.8. The van der Waals surface area contributed by atoms with Crippen LogP contribution in [-0.4, -0.2) is 33.8 Å². The molecule has 0 atom stereocenters. The van der Waals surface area contributed by atoms with Crippen molar-refractivity contribution in [2.45, 2.75) is 6.42 Å². The number of ether oxygens (including phenoxy) is 2. The van der Waals surface area contributed by atoms with Gasteiger partial charge in [0.1, 0.15) is 5.82 Å². The molecule has 7 heteroatoms. The van der Waals surface area contributed by atoms with Crippen LogP contribution in [0.15, 0.2) is 47.5 Å². The molecule has 25 heavy (non-hydrogen) atoms. The fourth-order valence-corrected chi connectivity index (χ4v) is 2.21. The molecule has 0 heterocycles. The molecule has 0 saturated heterocycles. The van der Waals surface area contributed by atoms with Crippen molar-refractivity contribution >= 4 is 35.6 Å². The van der Waals surface area contributed by atoms with Crippen LogP contribution in [0.3, 0.4) is 0 Å². The molecular weight excluding hydrogens is 436 g/mol. The quantitative estimate of drug-likeness (QED) is 0.393. The molecule has 0 aliphatic rings. The number of methoxy groups -OCH3 is 2. The monoisotopic (exact) mass is 459 g/mol. The molecule has 0 unspecified atom stereocenters. The lowest BCUT2D eigenvalue weighted by Crippen LogP contribution is -2.32. The maximum atomic E-state index is 12.9. The molecule has 0 saturated carbocycles. The minimum absolute atomic E-state index is 0. The molecule has 2 N–H and O–H groups in total. The molecule has 0 aliphatic heterocycles. The third kappa shape index (κ3) is 6.41. The van der Waals surface area contributed by atoms with E-state index >= 15 is 0 Å². The maximum absolute atomic E-state index is 12.9. The molecule has 0 aromatic heterocycles. The first-order chi connectivity index (χ1) is 11.7. The Morgan fingerprint density at radius 3 is 2.32 bits per heavy atom. The van der Waals surface area contributed by atoms with Gasteiger partial charge in [-0.25, -0.2) is 4.39 Å². The molecule has 0 spiro atoms. The summed E-state index contributed by atoms with van der Waals surface area (Å²) < 4.78 is 23.4. The topological polar surface area (TPSA) is 54.9 Å². The maximum Gasteiger partial charge on any atom is 0.195 e. The number of hydrogen-bond donors (Lipinski definition) is 2. The highest BCUT2D eigenvalue weighted by molar-refractivity contribution is 14.0. The van der Waals surface area contributed by atoms with Crippen LogP contribution in [0, 0.1) is 5.82 Å². The van der Waals surface area contributed by atoms with E-state index in [1.165, 1.54) is 12.1 Å². The molecule has 2 rings (SSSR count). The van der Waals surface area contributed by atoms with E-state index in [0.717, 1.165) is 17.7 Å². The van der Waals surface area contributed by atoms with Gasteiger partial charge in [-0.2, -0.15) is 0 Å². The third-order valence-electron chi connectivity index (χ3n) is 3.49. The lowest BCUT2D eigenvalue weighted by atomic mass is 10.1. The van der Waals surface area contributed by atoms with Crippen LogP contribution in [0.4, 0.5) is 10.1 Å². The molecule has 0 fully saturated rings. The van der Waals surface area contributed by atoms with Gasteiger partial charge in [0.15, 0.2) is 17.5 Å². The zero-order chi connectivity index (χ0) is 17.4. The SMILES string of the molecule is CN=C(NCCc1ccc(F)cc1)Nc1ccc(OC)c(OC)c1.I. The first-order valence-corrected chi connectivity index (χ1v) is 7.60. The first-order valence-electron chi connectivity index (χ1n) is 7.60. The van der Waals surface area contributed by atoms with Crippen LogP contribution in [0.25, 0.3) is 0 Å². The van der Waals surface area contributed by atoms with Crippen LogP contribution in [0.2, 0.25) is 0 Å². The second-order valence-electron chi connectivity index (χ2n) is 5.07. The Morgan fingerprint density at radius 2 is 1.72 bits per heavy atom. The van der Waals surface area contributed by atoms with E-state index in [0.29, 0.717) is 24.0 Å². The molecule has 136 valence electrons. The third-order valence-corrected chi connectivity index (χ3v) is 3.49. The Bertz CT molecular complexity index is 693. The minimum atomic E-state index is -0.224. The molecule has 0 aliphatic carbocycles. The average molecular weight is 459 g/mol. The van der Waals surface area contributed by atoms with Gasteiger partial charge >= 0.3 is 0 Å². The average Bonchev–Trinajstić information content (AvgIpc) is 2.62. The molecule has 0 amide bonds. The number of anilines is 1. The second kappa shape index (κ2) is 10.8. The highest BCUT2D eigenvalue weighted by Crippen LogP contribution is 2.29. The number of rotatable bonds is 6. The lowest BCUT2D eigenvalue weighted by molar-refractivity contribution is 0.355. The van der Waals surface area contributed by atoms with E-state index < -0.39 is 0 Å². The van der Waals surface area contributed by atoms with Crippen molar-refractivity contribution in [3.05, 3.63) is 53.8 Å². The van der Waals surface area contributed by atoms with Gasteiger partial charge in [0.05, 0.1) is 14.2 Å². The van der Waals surface area contributed by atoms with Gasteiger partial charge in [0.2, 0.25) is 0 Å². The van der Waals surface area contributed by atoms with Gasteiger partial charge in [-0.1, -0.05) is 12.1 Å². The zero-order valence-electron chi connectivity index (χ0n) is 14.5. The van der Waals surface area contributed by atoms with E-state index in [2.05, 4.69) is 15.6 Å². The van der Waals surface area contributed by atoms with Crippen LogP contribution < -0.4 is 20.1 Å². The predicted octanol–water partition coefficient (Wildman–Crippen LogP) is 3.69. The molecular formula is C18H23FIN3O2. The predicted molar refractivity (Wildman–Crippen MR) is 110 cm³/mol. The summed E-state index contributed by atoms with van der Waals surface area (Å²) in [6.45, 7) is 0.679. The van der Waals surface area contributed by atoms with Gasteiger partial charge in [0, 0.05) is 25.3 Å². The van der Waals surface area contributed by atoms with E-state index in [1.54, 1.807) is 33.4 Å². The standard InChI is InChI=1S/C18H22FN3O2.HI/c1-20-18(21-11-10-13-4-6-14(19)7-5-13)22-15-8-9-16(23-2)17(12-15)24-3;/h4-9,12H,10-11H2,1-3H3,(H2,20,21,22);1H. The summed E-state index contributed by atoms with van der Waals surface area (Å²) in [4.78, 5) is 4.19. The number of benzene rings is 2. The van der Waals surface area contributed by atoms with E-state index in [1.807, 2.05) is 18.2 Å². The first kappa shape index (κ1) is 21.0. The highest BCUT2D eigenvalue weighted by Gasteiger charge is 2.06. The smallest absolute Gasteiger partial charge is 0.195 e. The summed E-state index contributed by atoms with van der Waals surface area (Å²) in [5, 5.41) is 6.41.